The van der Waals surface area contributed by atoms with E-state index < -0.39 is 0 Å². The molecule has 2 N–H and O–H groups in total. The Morgan fingerprint density at radius 2 is 2.09 bits per heavy atom. The van der Waals surface area contributed by atoms with Crippen molar-refractivity contribution in [3.8, 4) is 0 Å². The summed E-state index contributed by atoms with van der Waals surface area (Å²) in [7, 11) is 1.40. The third-order valence-corrected chi connectivity index (χ3v) is 2.41. The van der Waals surface area contributed by atoms with Gasteiger partial charge in [0.1, 0.15) is 0 Å². The minimum absolute atomic E-state index is 0.0338. The molecule has 0 aliphatic heterocycles. The molecule has 1 aliphatic rings. The van der Waals surface area contributed by atoms with E-state index in [1.54, 1.807) is 0 Å². The van der Waals surface area contributed by atoms with E-state index in [1.807, 2.05) is 0 Å². The van der Waals surface area contributed by atoms with Crippen molar-refractivity contribution in [1.82, 2.24) is 0 Å². The number of methoxy groups -OCH3 is 1. The predicted octanol–water partition coefficient (Wildman–Crippen LogP) is 0.472. The molecule has 0 atom stereocenters. The van der Waals surface area contributed by atoms with Gasteiger partial charge in [0.15, 0.2) is 0 Å². The number of carbonyl (C=O) groups is 1. The Morgan fingerprint density at radius 1 is 1.55 bits per heavy atom. The van der Waals surface area contributed by atoms with Gasteiger partial charge in [-0.05, 0) is 12.8 Å². The number of ether oxygens (including phenoxy) is 1. The maximum atomic E-state index is 10.9. The maximum Gasteiger partial charge on any atom is 0.308 e. The molecule has 1 rings (SSSR count). The van der Waals surface area contributed by atoms with Gasteiger partial charge in [0.05, 0.1) is 18.0 Å². The molecule has 0 radical (unpaired) electrons. The number of thiocarbonyl (C=S) groups is 1. The second kappa shape index (κ2) is 3.17. The Morgan fingerprint density at radius 3 is 2.45 bits per heavy atom. The quantitative estimate of drug-likeness (QED) is 0.487. The van der Waals surface area contributed by atoms with Gasteiger partial charge in [-0.25, -0.2) is 0 Å². The Balaban J connectivity index is 2.29. The summed E-state index contributed by atoms with van der Waals surface area (Å²) in [6, 6.07) is 0. The summed E-state index contributed by atoms with van der Waals surface area (Å²) in [5, 5.41) is 0. The number of hydrogen-bond donors (Lipinski definition) is 1. The van der Waals surface area contributed by atoms with Crippen molar-refractivity contribution >= 4 is 23.2 Å². The van der Waals surface area contributed by atoms with E-state index in [0.29, 0.717) is 4.99 Å². The largest absolute Gasteiger partial charge is 0.469 e. The van der Waals surface area contributed by atoms with Crippen LogP contribution in [0.5, 0.6) is 0 Å². The lowest BCUT2D eigenvalue weighted by Crippen LogP contribution is -2.38. The molecule has 0 aromatic rings. The average Bonchev–Trinajstić information content (AvgIpc) is 1.83. The molecule has 0 saturated heterocycles. The first-order chi connectivity index (χ1) is 5.15. The summed E-state index contributed by atoms with van der Waals surface area (Å²) < 4.78 is 4.56. The first-order valence-corrected chi connectivity index (χ1v) is 3.93. The van der Waals surface area contributed by atoms with Gasteiger partial charge < -0.3 is 10.5 Å². The number of rotatable bonds is 2. The predicted molar refractivity (Wildman–Crippen MR) is 45.0 cm³/mol. The summed E-state index contributed by atoms with van der Waals surface area (Å²) in [5.41, 5.74) is 5.38. The lowest BCUT2D eigenvalue weighted by molar-refractivity contribution is -0.149. The molecule has 0 unspecified atom stereocenters. The molecule has 1 fully saturated rings. The number of hydrogen-bond acceptors (Lipinski definition) is 3. The van der Waals surface area contributed by atoms with Gasteiger partial charge in [0.2, 0.25) is 0 Å². The van der Waals surface area contributed by atoms with Gasteiger partial charge in [-0.1, -0.05) is 12.2 Å². The second-order valence-corrected chi connectivity index (χ2v) is 3.26. The van der Waals surface area contributed by atoms with Crippen LogP contribution in [0.15, 0.2) is 0 Å². The first kappa shape index (κ1) is 8.46. The third kappa shape index (κ3) is 1.68. The molecule has 0 spiro atoms. The van der Waals surface area contributed by atoms with E-state index in [0.717, 1.165) is 12.8 Å². The zero-order valence-electron chi connectivity index (χ0n) is 6.37. The second-order valence-electron chi connectivity index (χ2n) is 2.79. The lowest BCUT2D eigenvalue weighted by atomic mass is 9.75. The van der Waals surface area contributed by atoms with Crippen molar-refractivity contribution < 1.29 is 9.53 Å². The molecule has 3 nitrogen and oxygen atoms in total. The highest BCUT2D eigenvalue weighted by Gasteiger charge is 2.36. The van der Waals surface area contributed by atoms with Crippen LogP contribution >= 0.6 is 12.2 Å². The Kier molecular flexibility index (Phi) is 2.44. The van der Waals surface area contributed by atoms with E-state index in [2.05, 4.69) is 4.74 Å². The van der Waals surface area contributed by atoms with Crippen LogP contribution < -0.4 is 5.73 Å². The fraction of sp³-hybridized carbons (Fsp3) is 0.714. The summed E-state index contributed by atoms with van der Waals surface area (Å²) >= 11 is 4.77. The summed E-state index contributed by atoms with van der Waals surface area (Å²) in [6.07, 6.45) is 1.53. The third-order valence-electron chi connectivity index (χ3n) is 2.07. The Labute approximate surface area is 70.9 Å². The van der Waals surface area contributed by atoms with Crippen LogP contribution in [0, 0.1) is 11.8 Å². The van der Waals surface area contributed by atoms with Gasteiger partial charge in [-0.15, -0.1) is 0 Å². The van der Waals surface area contributed by atoms with E-state index >= 15 is 0 Å². The zero-order chi connectivity index (χ0) is 8.43. The van der Waals surface area contributed by atoms with Crippen molar-refractivity contribution in [1.29, 1.82) is 0 Å². The Hall–Kier alpha value is -0.640. The fourth-order valence-electron chi connectivity index (χ4n) is 1.21. The average molecular weight is 173 g/mol. The standard InChI is InChI=1S/C7H11NO2S/c1-10-7(9)5-2-4(3-5)6(8)11/h4-5H,2-3H2,1H3,(H2,8,11). The topological polar surface area (TPSA) is 52.3 Å². The van der Waals surface area contributed by atoms with Crippen molar-refractivity contribution in [3.05, 3.63) is 0 Å². The Bertz CT molecular complexity index is 187. The molecule has 0 bridgehead atoms. The number of nitrogens with two attached hydrogens (primary N) is 1. The van der Waals surface area contributed by atoms with E-state index in [1.165, 1.54) is 7.11 Å². The molecule has 1 aliphatic carbocycles. The monoisotopic (exact) mass is 173 g/mol. The van der Waals surface area contributed by atoms with Gasteiger partial charge in [0.25, 0.3) is 0 Å². The van der Waals surface area contributed by atoms with Crippen molar-refractivity contribution in [2.45, 2.75) is 12.8 Å². The molecule has 0 aromatic heterocycles. The lowest BCUT2D eigenvalue weighted by Gasteiger charge is -2.31. The number of esters is 1. The molecule has 11 heavy (non-hydrogen) atoms. The van der Waals surface area contributed by atoms with Crippen molar-refractivity contribution in [2.75, 3.05) is 7.11 Å². The fourth-order valence-corrected chi connectivity index (χ4v) is 1.40. The van der Waals surface area contributed by atoms with Gasteiger partial charge in [-0.3, -0.25) is 4.79 Å². The van der Waals surface area contributed by atoms with Crippen molar-refractivity contribution in [3.63, 3.8) is 0 Å². The highest BCUT2D eigenvalue weighted by atomic mass is 32.1. The minimum Gasteiger partial charge on any atom is -0.469 e. The summed E-state index contributed by atoms with van der Waals surface area (Å²) in [5.74, 6) is 0.151. The van der Waals surface area contributed by atoms with Crippen LogP contribution in [-0.4, -0.2) is 18.1 Å². The van der Waals surface area contributed by atoms with Crippen LogP contribution in [0.2, 0.25) is 0 Å². The highest BCUT2D eigenvalue weighted by Crippen LogP contribution is 2.34. The smallest absolute Gasteiger partial charge is 0.308 e. The van der Waals surface area contributed by atoms with Gasteiger partial charge >= 0.3 is 5.97 Å². The molecule has 0 heterocycles. The van der Waals surface area contributed by atoms with Crippen LogP contribution in [0.1, 0.15) is 12.8 Å². The maximum absolute atomic E-state index is 10.9. The normalized spacial score (nSPS) is 28.8. The van der Waals surface area contributed by atoms with Crippen molar-refractivity contribution in [2.24, 2.45) is 17.6 Å². The molecular formula is C7H11NO2S. The molecular weight excluding hydrogens is 162 g/mol. The molecule has 1 saturated carbocycles. The van der Waals surface area contributed by atoms with Crippen LogP contribution in [0.25, 0.3) is 0 Å². The molecule has 0 amide bonds. The number of carbonyl (C=O) groups excluding carboxylic acids is 1. The molecule has 62 valence electrons. The molecule has 0 aromatic carbocycles. The van der Waals surface area contributed by atoms with Crippen LogP contribution in [0.4, 0.5) is 0 Å². The minimum atomic E-state index is -0.141. The molecule has 4 heteroatoms. The first-order valence-electron chi connectivity index (χ1n) is 3.52. The summed E-state index contributed by atoms with van der Waals surface area (Å²) in [6.45, 7) is 0. The van der Waals surface area contributed by atoms with Gasteiger partial charge in [0, 0.05) is 5.92 Å². The zero-order valence-corrected chi connectivity index (χ0v) is 7.19. The van der Waals surface area contributed by atoms with E-state index in [9.17, 15) is 4.79 Å². The van der Waals surface area contributed by atoms with Crippen LogP contribution in [-0.2, 0) is 9.53 Å². The highest BCUT2D eigenvalue weighted by molar-refractivity contribution is 7.80. The van der Waals surface area contributed by atoms with Gasteiger partial charge in [-0.2, -0.15) is 0 Å². The van der Waals surface area contributed by atoms with Crippen LogP contribution in [0.3, 0.4) is 0 Å². The summed E-state index contributed by atoms with van der Waals surface area (Å²) in [4.78, 5) is 11.4. The SMILES string of the molecule is COC(=O)C1CC(C(N)=S)C1. The van der Waals surface area contributed by atoms with E-state index in [-0.39, 0.29) is 17.8 Å². The van der Waals surface area contributed by atoms with E-state index in [4.69, 9.17) is 18.0 Å².